The summed E-state index contributed by atoms with van der Waals surface area (Å²) in [4.78, 5) is 11.2. The zero-order valence-electron chi connectivity index (χ0n) is 8.21. The van der Waals surface area contributed by atoms with Gasteiger partial charge in [0.1, 0.15) is 6.04 Å². The summed E-state index contributed by atoms with van der Waals surface area (Å²) in [5.74, 6) is 0.367. The fourth-order valence-corrected chi connectivity index (χ4v) is 1.96. The number of nitrogens with one attached hydrogen (secondary N) is 1. The van der Waals surface area contributed by atoms with Crippen LogP contribution in [0.25, 0.3) is 0 Å². The van der Waals surface area contributed by atoms with Crippen molar-refractivity contribution in [1.29, 1.82) is 0 Å². The SMILES string of the molecule is CN[C@H](C(=O)OC)C1CCCC1.Cl. The number of methoxy groups -OCH3 is 1. The van der Waals surface area contributed by atoms with Crippen molar-refractivity contribution in [2.24, 2.45) is 5.92 Å². The molecular weight excluding hydrogens is 190 g/mol. The Bertz CT molecular complexity index is 158. The number of likely N-dealkylation sites (N-methyl/N-ethyl adjacent to an activating group) is 1. The number of hydrogen-bond acceptors (Lipinski definition) is 3. The maximum absolute atomic E-state index is 11.2. The Labute approximate surface area is 85.6 Å². The zero-order valence-corrected chi connectivity index (χ0v) is 9.02. The van der Waals surface area contributed by atoms with Crippen LogP contribution < -0.4 is 5.32 Å². The van der Waals surface area contributed by atoms with E-state index < -0.39 is 0 Å². The molecule has 0 bridgehead atoms. The molecule has 1 rings (SSSR count). The van der Waals surface area contributed by atoms with Crippen LogP contribution in [-0.4, -0.2) is 26.2 Å². The van der Waals surface area contributed by atoms with E-state index in [1.807, 2.05) is 7.05 Å². The van der Waals surface area contributed by atoms with Crippen LogP contribution in [0.4, 0.5) is 0 Å². The molecule has 3 nitrogen and oxygen atoms in total. The van der Waals surface area contributed by atoms with Crippen molar-refractivity contribution in [2.75, 3.05) is 14.2 Å². The molecule has 1 atom stereocenters. The average molecular weight is 208 g/mol. The number of esters is 1. The molecule has 0 aliphatic heterocycles. The van der Waals surface area contributed by atoms with E-state index in [2.05, 4.69) is 5.32 Å². The van der Waals surface area contributed by atoms with Gasteiger partial charge in [0.15, 0.2) is 0 Å². The molecule has 13 heavy (non-hydrogen) atoms. The van der Waals surface area contributed by atoms with Gasteiger partial charge >= 0.3 is 5.97 Å². The second-order valence-electron chi connectivity index (χ2n) is 3.33. The van der Waals surface area contributed by atoms with Crippen molar-refractivity contribution in [3.8, 4) is 0 Å². The highest BCUT2D eigenvalue weighted by atomic mass is 35.5. The summed E-state index contributed by atoms with van der Waals surface area (Å²) < 4.78 is 4.71. The fraction of sp³-hybridized carbons (Fsp3) is 0.889. The lowest BCUT2D eigenvalue weighted by molar-refractivity contribution is -0.144. The second-order valence-corrected chi connectivity index (χ2v) is 3.33. The van der Waals surface area contributed by atoms with Crippen LogP contribution in [0.15, 0.2) is 0 Å². The lowest BCUT2D eigenvalue weighted by Crippen LogP contribution is -2.40. The van der Waals surface area contributed by atoms with E-state index in [-0.39, 0.29) is 24.4 Å². The van der Waals surface area contributed by atoms with E-state index in [0.29, 0.717) is 5.92 Å². The van der Waals surface area contributed by atoms with Crippen molar-refractivity contribution in [3.63, 3.8) is 0 Å². The predicted molar refractivity (Wildman–Crippen MR) is 54.1 cm³/mol. The molecule has 0 aromatic carbocycles. The van der Waals surface area contributed by atoms with Crippen LogP contribution in [-0.2, 0) is 9.53 Å². The summed E-state index contributed by atoms with van der Waals surface area (Å²) in [6.45, 7) is 0. The van der Waals surface area contributed by atoms with Gasteiger partial charge in [-0.15, -0.1) is 12.4 Å². The van der Waals surface area contributed by atoms with Crippen LogP contribution in [0.3, 0.4) is 0 Å². The van der Waals surface area contributed by atoms with Crippen LogP contribution in [0.5, 0.6) is 0 Å². The Balaban J connectivity index is 0.00000144. The molecule has 1 aliphatic carbocycles. The number of hydrogen-bond donors (Lipinski definition) is 1. The standard InChI is InChI=1S/C9H17NO2.ClH/c1-10-8(9(11)12-2)7-5-3-4-6-7;/h7-8,10H,3-6H2,1-2H3;1H/t8-;/m0./s1. The number of ether oxygens (including phenoxy) is 1. The summed E-state index contributed by atoms with van der Waals surface area (Å²) in [7, 11) is 3.27. The fourth-order valence-electron chi connectivity index (χ4n) is 1.96. The molecule has 0 amide bonds. The summed E-state index contributed by atoms with van der Waals surface area (Å²) in [6.07, 6.45) is 4.81. The molecule has 0 unspecified atom stereocenters. The molecule has 1 aliphatic rings. The van der Waals surface area contributed by atoms with E-state index in [1.54, 1.807) is 0 Å². The molecular formula is C9H18ClNO2. The molecule has 1 saturated carbocycles. The van der Waals surface area contributed by atoms with Crippen LogP contribution in [0.1, 0.15) is 25.7 Å². The first-order valence-electron chi connectivity index (χ1n) is 4.54. The molecule has 1 N–H and O–H groups in total. The van der Waals surface area contributed by atoms with Crippen molar-refractivity contribution >= 4 is 18.4 Å². The highest BCUT2D eigenvalue weighted by Gasteiger charge is 2.29. The third-order valence-electron chi connectivity index (χ3n) is 2.64. The summed E-state index contributed by atoms with van der Waals surface area (Å²) in [5.41, 5.74) is 0. The average Bonchev–Trinajstić information content (AvgIpc) is 2.58. The summed E-state index contributed by atoms with van der Waals surface area (Å²) >= 11 is 0. The largest absolute Gasteiger partial charge is 0.468 e. The smallest absolute Gasteiger partial charge is 0.323 e. The maximum atomic E-state index is 11.2. The normalized spacial score (nSPS) is 19.2. The van der Waals surface area contributed by atoms with Crippen LogP contribution >= 0.6 is 12.4 Å². The molecule has 78 valence electrons. The first-order valence-corrected chi connectivity index (χ1v) is 4.54. The van der Waals surface area contributed by atoms with Gasteiger partial charge in [0, 0.05) is 0 Å². The molecule has 4 heteroatoms. The number of halogens is 1. The summed E-state index contributed by atoms with van der Waals surface area (Å²) in [5, 5.41) is 3.02. The molecule has 0 heterocycles. The van der Waals surface area contributed by atoms with Gasteiger partial charge in [0.25, 0.3) is 0 Å². The lowest BCUT2D eigenvalue weighted by atomic mass is 9.98. The highest BCUT2D eigenvalue weighted by Crippen LogP contribution is 2.27. The molecule has 0 aromatic rings. The van der Waals surface area contributed by atoms with Gasteiger partial charge in [0.05, 0.1) is 7.11 Å². The third kappa shape index (κ3) is 3.16. The predicted octanol–water partition coefficient (Wildman–Crippen LogP) is 1.36. The number of carbonyl (C=O) groups is 1. The van der Waals surface area contributed by atoms with Crippen LogP contribution in [0, 0.1) is 5.92 Å². The Morgan fingerprint density at radius 2 is 2.00 bits per heavy atom. The van der Waals surface area contributed by atoms with Crippen molar-refractivity contribution in [2.45, 2.75) is 31.7 Å². The molecule has 0 radical (unpaired) electrons. The Morgan fingerprint density at radius 1 is 1.46 bits per heavy atom. The molecule has 0 spiro atoms. The van der Waals surface area contributed by atoms with Crippen molar-refractivity contribution in [1.82, 2.24) is 5.32 Å². The Kier molecular flexibility index (Phi) is 6.08. The Morgan fingerprint density at radius 3 is 2.38 bits per heavy atom. The topological polar surface area (TPSA) is 38.3 Å². The Hall–Kier alpha value is -0.280. The van der Waals surface area contributed by atoms with Crippen molar-refractivity contribution < 1.29 is 9.53 Å². The van der Waals surface area contributed by atoms with Gasteiger partial charge in [0.2, 0.25) is 0 Å². The first-order chi connectivity index (χ1) is 5.79. The van der Waals surface area contributed by atoms with E-state index in [4.69, 9.17) is 4.74 Å². The van der Waals surface area contributed by atoms with Crippen LogP contribution in [0.2, 0.25) is 0 Å². The monoisotopic (exact) mass is 207 g/mol. The van der Waals surface area contributed by atoms with E-state index >= 15 is 0 Å². The molecule has 0 saturated heterocycles. The van der Waals surface area contributed by atoms with E-state index in [0.717, 1.165) is 12.8 Å². The van der Waals surface area contributed by atoms with Gasteiger partial charge in [-0.1, -0.05) is 12.8 Å². The maximum Gasteiger partial charge on any atom is 0.323 e. The van der Waals surface area contributed by atoms with Gasteiger partial charge in [-0.25, -0.2) is 0 Å². The van der Waals surface area contributed by atoms with E-state index in [9.17, 15) is 4.79 Å². The van der Waals surface area contributed by atoms with Gasteiger partial charge in [-0.2, -0.15) is 0 Å². The zero-order chi connectivity index (χ0) is 8.97. The quantitative estimate of drug-likeness (QED) is 0.711. The molecule has 0 aromatic heterocycles. The van der Waals surface area contributed by atoms with E-state index in [1.165, 1.54) is 20.0 Å². The lowest BCUT2D eigenvalue weighted by Gasteiger charge is -2.19. The number of carbonyl (C=O) groups excluding carboxylic acids is 1. The third-order valence-corrected chi connectivity index (χ3v) is 2.64. The van der Waals surface area contributed by atoms with Gasteiger partial charge in [-0.3, -0.25) is 4.79 Å². The minimum Gasteiger partial charge on any atom is -0.468 e. The first kappa shape index (κ1) is 12.7. The number of rotatable bonds is 3. The van der Waals surface area contributed by atoms with Crippen molar-refractivity contribution in [3.05, 3.63) is 0 Å². The second kappa shape index (κ2) is 6.22. The minimum absolute atomic E-state index is 0. The molecule has 1 fully saturated rings. The van der Waals surface area contributed by atoms with Gasteiger partial charge < -0.3 is 10.1 Å². The van der Waals surface area contributed by atoms with Gasteiger partial charge in [-0.05, 0) is 25.8 Å². The minimum atomic E-state index is -0.121. The highest BCUT2D eigenvalue weighted by molar-refractivity contribution is 5.85. The summed E-state index contributed by atoms with van der Waals surface area (Å²) in [6, 6.07) is -0.0856.